The molecule has 0 spiro atoms. The van der Waals surface area contributed by atoms with Crippen molar-refractivity contribution in [2.24, 2.45) is 0 Å². The van der Waals surface area contributed by atoms with Gasteiger partial charge >= 0.3 is 12.1 Å². The van der Waals surface area contributed by atoms with Crippen molar-refractivity contribution in [3.8, 4) is 11.1 Å². The first-order valence-electron chi connectivity index (χ1n) is 15.2. The van der Waals surface area contributed by atoms with Crippen molar-refractivity contribution in [3.63, 3.8) is 0 Å². The summed E-state index contributed by atoms with van der Waals surface area (Å²) in [6.07, 6.45) is 3.30. The molecule has 6 rings (SSSR count). The summed E-state index contributed by atoms with van der Waals surface area (Å²) in [6.45, 7) is 7.84. The van der Waals surface area contributed by atoms with Crippen molar-refractivity contribution in [1.29, 1.82) is 0 Å². The monoisotopic (exact) mass is 663 g/mol. The van der Waals surface area contributed by atoms with E-state index in [4.69, 9.17) is 9.47 Å². The number of nitrogens with zero attached hydrogens (tertiary/aromatic N) is 6. The summed E-state index contributed by atoms with van der Waals surface area (Å²) in [7, 11) is 4.86. The molecule has 0 saturated carbocycles. The van der Waals surface area contributed by atoms with Crippen molar-refractivity contribution in [2.45, 2.75) is 32.9 Å². The van der Waals surface area contributed by atoms with Crippen LogP contribution in [0.25, 0.3) is 38.7 Å². The lowest BCUT2D eigenvalue weighted by Crippen LogP contribution is -2.36. The molecule has 4 aromatic heterocycles. The number of benzene rings is 1. The number of fused-ring (bicyclic) bond motifs is 4. The number of pyridine rings is 2. The van der Waals surface area contributed by atoms with E-state index in [1.165, 1.54) is 23.8 Å². The molecular weight excluding hydrogens is 628 g/mol. The second-order valence-corrected chi connectivity index (χ2v) is 12.9. The highest BCUT2D eigenvalue weighted by Crippen LogP contribution is 2.43. The van der Waals surface area contributed by atoms with E-state index in [0.717, 1.165) is 17.2 Å². The standard InChI is InChI=1S/C33H35F2N7O6/c1-33(2,3)48-32(46)40(6)22-12-21(34)25(35)23-24-27(39(4)5)19(13-36-28(24)38-26(22)23)17-11-18(15-41-7-9-47-10-8-41)29-37-14-20(31(44)45)30(43)42(29)16-17/h11-14,16H,7-10,15H2,1-6H3,(H,36,38)(H,44,45). The number of amides is 1. The molecule has 5 aromatic rings. The van der Waals surface area contributed by atoms with E-state index in [1.807, 2.05) is 6.07 Å². The Morgan fingerprint density at radius 3 is 2.44 bits per heavy atom. The highest BCUT2D eigenvalue weighted by molar-refractivity contribution is 6.19. The average molecular weight is 664 g/mol. The van der Waals surface area contributed by atoms with Gasteiger partial charge in [-0.1, -0.05) is 0 Å². The molecule has 48 heavy (non-hydrogen) atoms. The van der Waals surface area contributed by atoms with Crippen molar-refractivity contribution >= 4 is 51.0 Å². The molecule has 0 aliphatic carbocycles. The molecular formula is C33H35F2N7O6. The van der Waals surface area contributed by atoms with Crippen LogP contribution in [-0.2, 0) is 16.0 Å². The highest BCUT2D eigenvalue weighted by Gasteiger charge is 2.28. The van der Waals surface area contributed by atoms with Crippen LogP contribution >= 0.6 is 0 Å². The minimum atomic E-state index is -1.41. The van der Waals surface area contributed by atoms with Crippen molar-refractivity contribution < 1.29 is 33.0 Å². The molecule has 0 unspecified atom stereocenters. The fourth-order valence-corrected chi connectivity index (χ4v) is 5.96. The lowest BCUT2D eigenvalue weighted by atomic mass is 10.0. The number of ether oxygens (including phenoxy) is 2. The summed E-state index contributed by atoms with van der Waals surface area (Å²) < 4.78 is 43.3. The number of halogens is 2. The van der Waals surface area contributed by atoms with Gasteiger partial charge < -0.3 is 24.5 Å². The zero-order valence-corrected chi connectivity index (χ0v) is 27.3. The van der Waals surface area contributed by atoms with Crippen LogP contribution in [0.3, 0.4) is 0 Å². The van der Waals surface area contributed by atoms with Gasteiger partial charge in [0.25, 0.3) is 5.56 Å². The van der Waals surface area contributed by atoms with Gasteiger partial charge in [-0.3, -0.25) is 19.0 Å². The SMILES string of the molecule is CN(C)c1c(-c2cc(CN3CCOCC3)c3ncc(C(=O)O)c(=O)n3c2)cnc2[nH]c3c(N(C)C(=O)OC(C)(C)C)cc(F)c(F)c3c12. The minimum Gasteiger partial charge on any atom is -0.477 e. The number of H-pyrrole nitrogens is 1. The number of nitrogens with one attached hydrogen (secondary N) is 1. The molecule has 5 heterocycles. The van der Waals surface area contributed by atoms with Crippen LogP contribution in [-0.4, -0.2) is 94.5 Å². The Bertz CT molecular complexity index is 2170. The molecule has 15 heteroatoms. The molecule has 252 valence electrons. The Balaban J connectivity index is 1.62. The first kappa shape index (κ1) is 32.8. The van der Waals surface area contributed by atoms with E-state index < -0.39 is 40.4 Å². The Hall–Kier alpha value is -5.15. The quantitative estimate of drug-likeness (QED) is 0.264. The average Bonchev–Trinajstić information content (AvgIpc) is 3.41. The summed E-state index contributed by atoms with van der Waals surface area (Å²) in [5.74, 6) is -3.73. The minimum absolute atomic E-state index is 0.0414. The molecule has 2 N–H and O–H groups in total. The number of rotatable bonds is 6. The largest absolute Gasteiger partial charge is 0.477 e. The molecule has 1 aromatic carbocycles. The van der Waals surface area contributed by atoms with E-state index in [0.29, 0.717) is 55.2 Å². The van der Waals surface area contributed by atoms with Gasteiger partial charge in [-0.05, 0) is 26.8 Å². The number of carbonyl (C=O) groups is 2. The van der Waals surface area contributed by atoms with Gasteiger partial charge in [0.1, 0.15) is 22.5 Å². The second kappa shape index (κ2) is 12.1. The molecule has 1 aliphatic heterocycles. The zero-order valence-electron chi connectivity index (χ0n) is 27.3. The molecule has 1 aliphatic rings. The normalized spacial score (nSPS) is 14.2. The topological polar surface area (TPSA) is 146 Å². The number of hydrogen-bond acceptors (Lipinski definition) is 9. The maximum atomic E-state index is 15.9. The third-order valence-electron chi connectivity index (χ3n) is 8.14. The zero-order chi connectivity index (χ0) is 34.7. The molecule has 0 atom stereocenters. The first-order valence-corrected chi connectivity index (χ1v) is 15.2. The van der Waals surface area contributed by atoms with Gasteiger partial charge in [-0.25, -0.2) is 28.3 Å². The summed E-state index contributed by atoms with van der Waals surface area (Å²) >= 11 is 0. The van der Waals surface area contributed by atoms with Crippen LogP contribution < -0.4 is 15.4 Å². The van der Waals surface area contributed by atoms with E-state index in [-0.39, 0.29) is 33.3 Å². The summed E-state index contributed by atoms with van der Waals surface area (Å²) in [6, 6.07) is 2.76. The van der Waals surface area contributed by atoms with Crippen LogP contribution in [0.1, 0.15) is 36.7 Å². The number of morpholine rings is 1. The van der Waals surface area contributed by atoms with Crippen LogP contribution in [0.15, 0.2) is 35.5 Å². The Kier molecular flexibility index (Phi) is 8.29. The smallest absolute Gasteiger partial charge is 0.414 e. The molecule has 13 nitrogen and oxygen atoms in total. The number of carboxylic acid groups (broad SMARTS) is 1. The molecule has 0 bridgehead atoms. The van der Waals surface area contributed by atoms with Gasteiger partial charge in [-0.2, -0.15) is 0 Å². The van der Waals surface area contributed by atoms with Gasteiger partial charge in [0.2, 0.25) is 0 Å². The van der Waals surface area contributed by atoms with Gasteiger partial charge in [0.15, 0.2) is 11.6 Å². The Morgan fingerprint density at radius 1 is 1.08 bits per heavy atom. The highest BCUT2D eigenvalue weighted by atomic mass is 19.2. The molecule has 0 radical (unpaired) electrons. The number of anilines is 2. The lowest BCUT2D eigenvalue weighted by Gasteiger charge is -2.27. The predicted octanol–water partition coefficient (Wildman–Crippen LogP) is 4.64. The van der Waals surface area contributed by atoms with E-state index in [9.17, 15) is 19.5 Å². The van der Waals surface area contributed by atoms with Crippen LogP contribution in [0.4, 0.5) is 25.0 Å². The van der Waals surface area contributed by atoms with Crippen LogP contribution in [0.2, 0.25) is 0 Å². The van der Waals surface area contributed by atoms with E-state index in [2.05, 4.69) is 19.9 Å². The van der Waals surface area contributed by atoms with E-state index in [1.54, 1.807) is 39.8 Å². The maximum Gasteiger partial charge on any atom is 0.414 e. The third-order valence-corrected chi connectivity index (χ3v) is 8.14. The summed E-state index contributed by atoms with van der Waals surface area (Å²) in [5.41, 5.74) is 0.581. The number of aromatic nitrogens is 4. The lowest BCUT2D eigenvalue weighted by molar-refractivity contribution is 0.0343. The molecule has 1 fully saturated rings. The Labute approximate surface area is 273 Å². The Morgan fingerprint density at radius 2 is 1.79 bits per heavy atom. The van der Waals surface area contributed by atoms with Crippen molar-refractivity contribution in [3.05, 3.63) is 63.8 Å². The second-order valence-electron chi connectivity index (χ2n) is 12.9. The number of aromatic amines is 1. The van der Waals surface area contributed by atoms with Crippen molar-refractivity contribution in [1.82, 2.24) is 24.3 Å². The van der Waals surface area contributed by atoms with Gasteiger partial charge in [0, 0.05) is 82.1 Å². The fourth-order valence-electron chi connectivity index (χ4n) is 5.96. The number of hydrogen-bond donors (Lipinski definition) is 2. The predicted molar refractivity (Wildman–Crippen MR) is 176 cm³/mol. The van der Waals surface area contributed by atoms with Crippen LogP contribution in [0.5, 0.6) is 0 Å². The summed E-state index contributed by atoms with van der Waals surface area (Å²) in [5, 5.41) is 9.77. The maximum absolute atomic E-state index is 15.9. The van der Waals surface area contributed by atoms with Gasteiger partial charge in [-0.15, -0.1) is 0 Å². The molecule has 1 amide bonds. The summed E-state index contributed by atoms with van der Waals surface area (Å²) in [4.78, 5) is 55.2. The van der Waals surface area contributed by atoms with Crippen molar-refractivity contribution in [2.75, 3.05) is 57.2 Å². The fraction of sp³-hybridized carbons (Fsp3) is 0.364. The van der Waals surface area contributed by atoms with E-state index >= 15 is 8.78 Å². The van der Waals surface area contributed by atoms with Crippen LogP contribution in [0, 0.1) is 11.6 Å². The first-order chi connectivity index (χ1) is 22.7. The number of carboxylic acids is 1. The number of carbonyl (C=O) groups excluding carboxylic acids is 1. The third kappa shape index (κ3) is 5.79. The number of aromatic carboxylic acids is 1. The van der Waals surface area contributed by atoms with Gasteiger partial charge in [0.05, 0.1) is 40.9 Å². The molecule has 1 saturated heterocycles.